The predicted molar refractivity (Wildman–Crippen MR) is 162 cm³/mol. The molecule has 3 aromatic rings. The summed E-state index contributed by atoms with van der Waals surface area (Å²) in [7, 11) is 1.39. The van der Waals surface area contributed by atoms with Crippen LogP contribution in [0.25, 0.3) is 11.3 Å². The Labute approximate surface area is 268 Å². The monoisotopic (exact) mass is 667 g/mol. The Kier molecular flexibility index (Phi) is 10.7. The highest BCUT2D eigenvalue weighted by Gasteiger charge is 2.42. The molecule has 1 fully saturated rings. The number of aromatic nitrogens is 1. The molecule has 2 amide bonds. The van der Waals surface area contributed by atoms with Crippen molar-refractivity contribution in [3.05, 3.63) is 76.2 Å². The van der Waals surface area contributed by atoms with E-state index in [0.717, 1.165) is 25.0 Å². The Bertz CT molecular complexity index is 1580. The van der Waals surface area contributed by atoms with Crippen molar-refractivity contribution in [3.63, 3.8) is 0 Å². The number of carbonyl (C=O) groups excluding carboxylic acids is 2. The lowest BCUT2D eigenvalue weighted by atomic mass is 9.97. The summed E-state index contributed by atoms with van der Waals surface area (Å²) in [5.41, 5.74) is -1.20. The summed E-state index contributed by atoms with van der Waals surface area (Å²) in [6.07, 6.45) is -3.97. The summed E-state index contributed by atoms with van der Waals surface area (Å²) in [5.74, 6) is -3.20. The molecular formula is C32H34ClF4N3O6. The lowest BCUT2D eigenvalue weighted by molar-refractivity contribution is -0.149. The summed E-state index contributed by atoms with van der Waals surface area (Å²) in [4.78, 5) is 29.7. The predicted octanol–water partition coefficient (Wildman–Crippen LogP) is 6.72. The van der Waals surface area contributed by atoms with Crippen LogP contribution in [-0.4, -0.2) is 60.2 Å². The highest BCUT2D eigenvalue weighted by Crippen LogP contribution is 2.37. The molecule has 1 heterocycles. The van der Waals surface area contributed by atoms with Gasteiger partial charge < -0.3 is 30.0 Å². The molecule has 0 spiro atoms. The van der Waals surface area contributed by atoms with E-state index >= 15 is 0 Å². The summed E-state index contributed by atoms with van der Waals surface area (Å²) < 4.78 is 73.9. The van der Waals surface area contributed by atoms with E-state index in [1.54, 1.807) is 20.8 Å². The quantitative estimate of drug-likeness (QED) is 0.194. The molecule has 9 nitrogen and oxygen atoms in total. The first kappa shape index (κ1) is 34.8. The molecule has 1 aliphatic carbocycles. The normalized spacial score (nSPS) is 14.7. The molecule has 46 heavy (non-hydrogen) atoms. The maximum Gasteiger partial charge on any atom is 0.408 e. The fourth-order valence-electron chi connectivity index (χ4n) is 4.40. The average Bonchev–Trinajstić information content (AvgIpc) is 3.80. The van der Waals surface area contributed by atoms with Crippen LogP contribution in [0.3, 0.4) is 0 Å². The van der Waals surface area contributed by atoms with E-state index in [4.69, 9.17) is 25.8 Å². The van der Waals surface area contributed by atoms with Crippen molar-refractivity contribution in [2.45, 2.75) is 63.5 Å². The van der Waals surface area contributed by atoms with Gasteiger partial charge in [-0.2, -0.15) is 13.2 Å². The topological polar surface area (TPSA) is 119 Å². The number of alkyl halides is 3. The smallest absolute Gasteiger partial charge is 0.408 e. The van der Waals surface area contributed by atoms with Gasteiger partial charge in [-0.15, -0.1) is 0 Å². The molecule has 0 saturated heterocycles. The molecule has 1 aliphatic rings. The van der Waals surface area contributed by atoms with Gasteiger partial charge in [0.05, 0.1) is 42.3 Å². The minimum Gasteiger partial charge on any atom is -0.493 e. The van der Waals surface area contributed by atoms with Gasteiger partial charge in [0.15, 0.2) is 11.5 Å². The Hall–Kier alpha value is -4.10. The average molecular weight is 668 g/mol. The first-order valence-electron chi connectivity index (χ1n) is 14.3. The summed E-state index contributed by atoms with van der Waals surface area (Å²) in [6.45, 7) is 3.25. The lowest BCUT2D eigenvalue weighted by Crippen LogP contribution is -2.37. The number of pyridine rings is 1. The Morgan fingerprint density at radius 3 is 2.37 bits per heavy atom. The number of hydrogen-bond acceptors (Lipinski definition) is 7. The molecule has 2 aromatic carbocycles. The van der Waals surface area contributed by atoms with Crippen molar-refractivity contribution in [1.29, 1.82) is 0 Å². The molecule has 4 rings (SSSR count). The number of aliphatic hydroxyl groups excluding tert-OH is 1. The minimum atomic E-state index is -4.90. The molecule has 14 heteroatoms. The van der Waals surface area contributed by atoms with Crippen LogP contribution < -0.4 is 20.1 Å². The molecule has 0 radical (unpaired) electrons. The van der Waals surface area contributed by atoms with Crippen molar-refractivity contribution >= 4 is 23.6 Å². The number of amides is 2. The number of alkyl carbamates (subject to hydrolysis) is 1. The number of halogens is 5. The van der Waals surface area contributed by atoms with Crippen molar-refractivity contribution in [1.82, 2.24) is 15.6 Å². The zero-order valence-corrected chi connectivity index (χ0v) is 26.3. The van der Waals surface area contributed by atoms with Crippen LogP contribution in [0, 0.1) is 5.82 Å². The number of carbonyl (C=O) groups is 2. The molecular weight excluding hydrogens is 634 g/mol. The SMILES string of the molecule is COc1cc(C(=O)NCC(c2cc(C(CO)NC(=O)OC(C)(C)C)cc(-c3ccc(F)c(Cl)c3)n2)C(F)(F)F)ccc1OC1CC1. The second-order valence-electron chi connectivity index (χ2n) is 11.7. The van der Waals surface area contributed by atoms with Crippen LogP contribution in [0.5, 0.6) is 11.5 Å². The maximum atomic E-state index is 14.6. The van der Waals surface area contributed by atoms with Crippen LogP contribution in [0.15, 0.2) is 48.5 Å². The van der Waals surface area contributed by atoms with Crippen LogP contribution in [-0.2, 0) is 4.74 Å². The lowest BCUT2D eigenvalue weighted by Gasteiger charge is -2.25. The molecule has 0 aliphatic heterocycles. The number of hydrogen-bond donors (Lipinski definition) is 3. The zero-order valence-electron chi connectivity index (χ0n) is 25.5. The van der Waals surface area contributed by atoms with Gasteiger partial charge in [-0.25, -0.2) is 9.18 Å². The van der Waals surface area contributed by atoms with Crippen LogP contribution in [0.4, 0.5) is 22.4 Å². The summed E-state index contributed by atoms with van der Waals surface area (Å²) in [5, 5.41) is 14.6. The van der Waals surface area contributed by atoms with Gasteiger partial charge in [-0.05, 0) is 87.7 Å². The van der Waals surface area contributed by atoms with E-state index in [1.165, 1.54) is 43.5 Å². The third-order valence-electron chi connectivity index (χ3n) is 6.82. The third kappa shape index (κ3) is 9.23. The fourth-order valence-corrected chi connectivity index (χ4v) is 4.58. The number of aliphatic hydroxyl groups is 1. The number of nitrogens with one attached hydrogen (secondary N) is 2. The third-order valence-corrected chi connectivity index (χ3v) is 7.11. The van der Waals surface area contributed by atoms with Crippen molar-refractivity contribution in [2.24, 2.45) is 0 Å². The van der Waals surface area contributed by atoms with E-state index < -0.39 is 60.4 Å². The molecule has 2 atom stereocenters. The van der Waals surface area contributed by atoms with Crippen molar-refractivity contribution in [2.75, 3.05) is 20.3 Å². The Morgan fingerprint density at radius 1 is 1.07 bits per heavy atom. The van der Waals surface area contributed by atoms with E-state index in [2.05, 4.69) is 15.6 Å². The van der Waals surface area contributed by atoms with Crippen molar-refractivity contribution in [3.8, 4) is 22.8 Å². The van der Waals surface area contributed by atoms with E-state index in [0.29, 0.717) is 5.75 Å². The first-order chi connectivity index (χ1) is 21.6. The van der Waals surface area contributed by atoms with E-state index in [1.807, 2.05) is 0 Å². The number of nitrogens with zero attached hydrogens (tertiary/aromatic N) is 1. The van der Waals surface area contributed by atoms with Gasteiger partial charge in [0.1, 0.15) is 17.3 Å². The zero-order chi connectivity index (χ0) is 33.8. The number of benzene rings is 2. The van der Waals surface area contributed by atoms with Crippen LogP contribution >= 0.6 is 11.6 Å². The summed E-state index contributed by atoms with van der Waals surface area (Å²) >= 11 is 5.94. The van der Waals surface area contributed by atoms with E-state index in [-0.39, 0.29) is 39.3 Å². The molecule has 3 N–H and O–H groups in total. The molecule has 0 bridgehead atoms. The van der Waals surface area contributed by atoms with Gasteiger partial charge >= 0.3 is 12.3 Å². The molecule has 2 unspecified atom stereocenters. The molecule has 1 saturated carbocycles. The van der Waals surface area contributed by atoms with Gasteiger partial charge in [-0.1, -0.05) is 11.6 Å². The van der Waals surface area contributed by atoms with Crippen LogP contribution in [0.2, 0.25) is 5.02 Å². The first-order valence-corrected chi connectivity index (χ1v) is 14.7. The number of ether oxygens (including phenoxy) is 3. The standard InChI is InChI=1S/C32H34ClF4N3O6/c1-31(2,3)46-30(43)40-26(16-41)19-12-24(17-5-9-23(34)22(33)11-17)39-25(13-19)21(32(35,36)37)15-38-29(42)18-6-10-27(28(14-18)44-4)45-20-7-8-20/h5-6,9-14,20-21,26,41H,7-8,15-16H2,1-4H3,(H,38,42)(H,40,43). The highest BCUT2D eigenvalue weighted by molar-refractivity contribution is 6.31. The number of methoxy groups -OCH3 is 1. The van der Waals surface area contributed by atoms with Gasteiger partial charge in [-0.3, -0.25) is 9.78 Å². The second-order valence-corrected chi connectivity index (χ2v) is 12.1. The number of rotatable bonds is 11. The molecule has 1 aromatic heterocycles. The van der Waals surface area contributed by atoms with Crippen molar-refractivity contribution < 1.29 is 46.5 Å². The Balaban J connectivity index is 1.68. The van der Waals surface area contributed by atoms with Crippen LogP contribution in [0.1, 0.15) is 67.2 Å². The minimum absolute atomic E-state index is 0.0459. The van der Waals surface area contributed by atoms with Gasteiger partial charge in [0.25, 0.3) is 5.91 Å². The second kappa shape index (κ2) is 14.1. The van der Waals surface area contributed by atoms with E-state index in [9.17, 15) is 32.3 Å². The Morgan fingerprint density at radius 2 is 1.78 bits per heavy atom. The fraction of sp³-hybridized carbons (Fsp3) is 0.406. The largest absolute Gasteiger partial charge is 0.493 e. The summed E-state index contributed by atoms with van der Waals surface area (Å²) in [6, 6.07) is 9.02. The van der Waals surface area contributed by atoms with Gasteiger partial charge in [0, 0.05) is 17.7 Å². The van der Waals surface area contributed by atoms with Gasteiger partial charge in [0.2, 0.25) is 0 Å². The maximum absolute atomic E-state index is 14.6. The molecule has 248 valence electrons. The highest BCUT2D eigenvalue weighted by atomic mass is 35.5.